The standard InChI is InChI=1S/C49H33N3O/c1-3-10-32(11-4-1)34-18-20-35(21-19-34)36-22-25-38(26-23-36)48-50-47(37-13-5-2-6-14-37)51-49(52-48)42-16-9-17-45-46(42)43-31-41(28-29-44(43)53-45)40-27-24-33-12-7-8-15-39(33)30-40/h1-31,48H,(H,50,51,52). The first kappa shape index (κ1) is 30.8. The Balaban J connectivity index is 1.04. The summed E-state index contributed by atoms with van der Waals surface area (Å²) in [4.78, 5) is 10.4. The van der Waals surface area contributed by atoms with E-state index in [4.69, 9.17) is 14.4 Å². The third kappa shape index (κ3) is 5.77. The van der Waals surface area contributed by atoms with E-state index in [2.05, 4.69) is 157 Å². The second-order valence-electron chi connectivity index (χ2n) is 13.4. The van der Waals surface area contributed by atoms with Gasteiger partial charge >= 0.3 is 0 Å². The van der Waals surface area contributed by atoms with Crippen molar-refractivity contribution in [3.05, 3.63) is 205 Å². The summed E-state index contributed by atoms with van der Waals surface area (Å²) in [5.74, 6) is 1.44. The average Bonchev–Trinajstić information content (AvgIpc) is 3.62. The summed E-state index contributed by atoms with van der Waals surface area (Å²) in [5.41, 5.74) is 11.7. The van der Waals surface area contributed by atoms with E-state index in [9.17, 15) is 0 Å². The summed E-state index contributed by atoms with van der Waals surface area (Å²) < 4.78 is 6.44. The van der Waals surface area contributed by atoms with Crippen LogP contribution in [-0.4, -0.2) is 11.7 Å². The molecule has 0 spiro atoms. The van der Waals surface area contributed by atoms with Crippen molar-refractivity contribution in [3.8, 4) is 33.4 Å². The quantitative estimate of drug-likeness (QED) is 0.190. The predicted octanol–water partition coefficient (Wildman–Crippen LogP) is 12.2. The zero-order valence-electron chi connectivity index (χ0n) is 28.8. The van der Waals surface area contributed by atoms with E-state index in [1.807, 2.05) is 36.4 Å². The van der Waals surface area contributed by atoms with Crippen LogP contribution in [0.5, 0.6) is 0 Å². The molecule has 0 aliphatic carbocycles. The zero-order chi connectivity index (χ0) is 35.1. The van der Waals surface area contributed by atoms with Gasteiger partial charge in [-0.05, 0) is 74.0 Å². The fourth-order valence-corrected chi connectivity index (χ4v) is 7.39. The minimum atomic E-state index is -0.339. The Hall–Kier alpha value is -7.04. The molecule has 1 atom stereocenters. The molecule has 9 aromatic rings. The van der Waals surface area contributed by atoms with Crippen LogP contribution in [0.3, 0.4) is 0 Å². The highest BCUT2D eigenvalue weighted by molar-refractivity contribution is 6.22. The molecular weight excluding hydrogens is 647 g/mol. The number of hydrogen-bond donors (Lipinski definition) is 1. The van der Waals surface area contributed by atoms with E-state index in [0.29, 0.717) is 5.84 Å². The number of aliphatic imine (C=N–C) groups is 2. The Morgan fingerprint density at radius 1 is 0.434 bits per heavy atom. The second kappa shape index (κ2) is 12.9. The van der Waals surface area contributed by atoms with Crippen LogP contribution in [0.4, 0.5) is 0 Å². The molecule has 53 heavy (non-hydrogen) atoms. The van der Waals surface area contributed by atoms with Gasteiger partial charge in [-0.1, -0.05) is 164 Å². The number of nitrogens with one attached hydrogen (secondary N) is 1. The van der Waals surface area contributed by atoms with E-state index < -0.39 is 0 Å². The normalized spacial score (nSPS) is 14.2. The Bertz CT molecular complexity index is 2830. The molecular formula is C49H33N3O. The van der Waals surface area contributed by atoms with Crippen molar-refractivity contribution < 1.29 is 4.42 Å². The number of benzene rings is 8. The van der Waals surface area contributed by atoms with Crippen LogP contribution in [0, 0.1) is 0 Å². The molecule has 0 fully saturated rings. The van der Waals surface area contributed by atoms with E-state index in [-0.39, 0.29) is 6.17 Å². The van der Waals surface area contributed by atoms with E-state index in [1.165, 1.54) is 27.5 Å². The van der Waals surface area contributed by atoms with Gasteiger partial charge in [0.05, 0.1) is 0 Å². The molecule has 0 amide bonds. The van der Waals surface area contributed by atoms with Gasteiger partial charge in [0.1, 0.15) is 23.2 Å². The van der Waals surface area contributed by atoms with E-state index in [1.54, 1.807) is 0 Å². The number of fused-ring (bicyclic) bond motifs is 4. The Kier molecular flexibility index (Phi) is 7.51. The maximum absolute atomic E-state index is 6.44. The summed E-state index contributed by atoms with van der Waals surface area (Å²) in [6, 6.07) is 65.9. The van der Waals surface area contributed by atoms with Crippen molar-refractivity contribution >= 4 is 44.4 Å². The van der Waals surface area contributed by atoms with Crippen molar-refractivity contribution in [2.24, 2.45) is 9.98 Å². The van der Waals surface area contributed by atoms with Crippen LogP contribution >= 0.6 is 0 Å². The molecule has 10 rings (SSSR count). The van der Waals surface area contributed by atoms with Crippen LogP contribution in [0.15, 0.2) is 202 Å². The van der Waals surface area contributed by atoms with Gasteiger partial charge in [0.25, 0.3) is 0 Å². The molecule has 0 bridgehead atoms. The predicted molar refractivity (Wildman–Crippen MR) is 219 cm³/mol. The molecule has 250 valence electrons. The van der Waals surface area contributed by atoms with Crippen molar-refractivity contribution in [1.82, 2.24) is 5.32 Å². The smallest absolute Gasteiger partial charge is 0.160 e. The van der Waals surface area contributed by atoms with Crippen molar-refractivity contribution in [2.45, 2.75) is 6.17 Å². The third-order valence-electron chi connectivity index (χ3n) is 10.2. The highest BCUT2D eigenvalue weighted by Gasteiger charge is 2.24. The van der Waals surface area contributed by atoms with Gasteiger partial charge in [-0.3, -0.25) is 0 Å². The van der Waals surface area contributed by atoms with Crippen LogP contribution in [-0.2, 0) is 0 Å². The summed E-state index contributed by atoms with van der Waals surface area (Å²) in [5, 5.41) is 8.13. The molecule has 2 heterocycles. The number of nitrogens with zero attached hydrogens (tertiary/aromatic N) is 2. The van der Waals surface area contributed by atoms with E-state index in [0.717, 1.165) is 61.2 Å². The van der Waals surface area contributed by atoms with Crippen LogP contribution < -0.4 is 5.32 Å². The largest absolute Gasteiger partial charge is 0.456 e. The molecule has 8 aromatic carbocycles. The van der Waals surface area contributed by atoms with Crippen LogP contribution in [0.25, 0.3) is 66.1 Å². The molecule has 0 saturated carbocycles. The molecule has 1 aliphatic heterocycles. The van der Waals surface area contributed by atoms with Gasteiger partial charge in [0, 0.05) is 21.9 Å². The molecule has 4 nitrogen and oxygen atoms in total. The first-order valence-corrected chi connectivity index (χ1v) is 17.9. The van der Waals surface area contributed by atoms with Gasteiger partial charge in [-0.2, -0.15) is 0 Å². The van der Waals surface area contributed by atoms with Crippen molar-refractivity contribution in [2.75, 3.05) is 0 Å². The zero-order valence-corrected chi connectivity index (χ0v) is 28.8. The molecule has 1 N–H and O–H groups in total. The summed E-state index contributed by atoms with van der Waals surface area (Å²) in [6.07, 6.45) is -0.339. The lowest BCUT2D eigenvalue weighted by Gasteiger charge is -2.24. The third-order valence-corrected chi connectivity index (χ3v) is 10.2. The molecule has 1 aliphatic rings. The van der Waals surface area contributed by atoms with Gasteiger partial charge < -0.3 is 9.73 Å². The lowest BCUT2D eigenvalue weighted by Crippen LogP contribution is -2.33. The Morgan fingerprint density at radius 3 is 1.75 bits per heavy atom. The van der Waals surface area contributed by atoms with Crippen molar-refractivity contribution in [3.63, 3.8) is 0 Å². The SMILES string of the molecule is c1ccc(C2=NC(c3cccc4oc5ccc(-c6ccc7ccccc7c6)cc5c34)=NC(c3ccc(-c4ccc(-c5ccccc5)cc4)cc3)N2)cc1. The fraction of sp³-hybridized carbons (Fsp3) is 0.0204. The van der Waals surface area contributed by atoms with E-state index >= 15 is 0 Å². The summed E-state index contributed by atoms with van der Waals surface area (Å²) in [6.45, 7) is 0. The highest BCUT2D eigenvalue weighted by atomic mass is 16.3. The number of hydrogen-bond acceptors (Lipinski definition) is 4. The lowest BCUT2D eigenvalue weighted by molar-refractivity contribution is 0.668. The summed E-state index contributed by atoms with van der Waals surface area (Å²) in [7, 11) is 0. The van der Waals surface area contributed by atoms with Crippen molar-refractivity contribution in [1.29, 1.82) is 0 Å². The van der Waals surface area contributed by atoms with Gasteiger partial charge in [-0.25, -0.2) is 9.98 Å². The monoisotopic (exact) mass is 679 g/mol. The fourth-order valence-electron chi connectivity index (χ4n) is 7.39. The highest BCUT2D eigenvalue weighted by Crippen LogP contribution is 2.37. The van der Waals surface area contributed by atoms with Gasteiger partial charge in [0.15, 0.2) is 5.84 Å². The Labute approximate surface area is 307 Å². The maximum atomic E-state index is 6.44. The first-order valence-electron chi connectivity index (χ1n) is 17.9. The topological polar surface area (TPSA) is 49.9 Å². The molecule has 1 unspecified atom stereocenters. The molecule has 4 heteroatoms. The lowest BCUT2D eigenvalue weighted by atomic mass is 9.98. The number of rotatable bonds is 6. The minimum Gasteiger partial charge on any atom is -0.456 e. The van der Waals surface area contributed by atoms with Gasteiger partial charge in [0.2, 0.25) is 0 Å². The van der Waals surface area contributed by atoms with Crippen LogP contribution in [0.2, 0.25) is 0 Å². The second-order valence-corrected chi connectivity index (χ2v) is 13.4. The number of amidine groups is 2. The first-order chi connectivity index (χ1) is 26.2. The average molecular weight is 680 g/mol. The maximum Gasteiger partial charge on any atom is 0.160 e. The Morgan fingerprint density at radius 2 is 1.02 bits per heavy atom. The molecule has 0 radical (unpaired) electrons. The van der Waals surface area contributed by atoms with Crippen LogP contribution in [0.1, 0.15) is 22.9 Å². The van der Waals surface area contributed by atoms with Gasteiger partial charge in [-0.15, -0.1) is 0 Å². The molecule has 1 aromatic heterocycles. The number of furan rings is 1. The molecule has 0 saturated heterocycles. The summed E-state index contributed by atoms with van der Waals surface area (Å²) >= 11 is 0. The minimum absolute atomic E-state index is 0.339.